The van der Waals surface area contributed by atoms with Crippen LogP contribution in [0.2, 0.25) is 0 Å². The molecule has 29 heavy (non-hydrogen) atoms. The number of benzene rings is 2. The largest absolute Gasteiger partial charge is 0.357 e. The van der Waals surface area contributed by atoms with E-state index in [1.54, 1.807) is 0 Å². The van der Waals surface area contributed by atoms with Crippen molar-refractivity contribution in [1.82, 2.24) is 4.98 Å². The molecule has 0 saturated carbocycles. The number of allylic oxidation sites excluding steroid dienone is 2. The first-order valence-electron chi connectivity index (χ1n) is 10.6. The van der Waals surface area contributed by atoms with Crippen molar-refractivity contribution in [3.63, 3.8) is 0 Å². The molecule has 2 aromatic carbocycles. The quantitative estimate of drug-likeness (QED) is 0.491. The van der Waals surface area contributed by atoms with Crippen molar-refractivity contribution in [3.05, 3.63) is 77.0 Å². The summed E-state index contributed by atoms with van der Waals surface area (Å²) < 4.78 is 0. The highest BCUT2D eigenvalue weighted by Gasteiger charge is 2.61. The number of H-pyrrole nitrogens is 1. The number of nitrogens with one attached hydrogen (secondary N) is 2. The zero-order valence-electron chi connectivity index (χ0n) is 17.2. The van der Waals surface area contributed by atoms with E-state index in [-0.39, 0.29) is 17.2 Å². The molecule has 0 bridgehead atoms. The maximum Gasteiger partial charge on any atom is 0.241 e. The third-order valence-electron chi connectivity index (χ3n) is 7.73. The minimum atomic E-state index is -0.688. The third kappa shape index (κ3) is 2.01. The van der Waals surface area contributed by atoms with Crippen LogP contribution < -0.4 is 5.32 Å². The highest BCUT2D eigenvalue weighted by molar-refractivity contribution is 6.10. The van der Waals surface area contributed by atoms with Gasteiger partial charge in [0.2, 0.25) is 5.91 Å². The second kappa shape index (κ2) is 5.41. The minimum Gasteiger partial charge on any atom is -0.357 e. The Hall–Kier alpha value is -2.81. The Morgan fingerprint density at radius 1 is 1.03 bits per heavy atom. The molecule has 3 nitrogen and oxygen atoms in total. The van der Waals surface area contributed by atoms with Gasteiger partial charge in [0.25, 0.3) is 0 Å². The van der Waals surface area contributed by atoms with Crippen LogP contribution in [0.1, 0.15) is 44.0 Å². The van der Waals surface area contributed by atoms with E-state index in [9.17, 15) is 4.79 Å². The average molecular weight is 383 g/mol. The van der Waals surface area contributed by atoms with Gasteiger partial charge < -0.3 is 10.3 Å². The summed E-state index contributed by atoms with van der Waals surface area (Å²) in [7, 11) is 0. The predicted octanol–water partition coefficient (Wildman–Crippen LogP) is 5.57. The molecule has 0 fully saturated rings. The van der Waals surface area contributed by atoms with E-state index in [0.717, 1.165) is 35.3 Å². The van der Waals surface area contributed by atoms with Crippen molar-refractivity contribution in [2.24, 2.45) is 17.3 Å². The summed E-state index contributed by atoms with van der Waals surface area (Å²) in [6.45, 7) is 6.99. The van der Waals surface area contributed by atoms with E-state index in [1.807, 2.05) is 12.1 Å². The summed E-state index contributed by atoms with van der Waals surface area (Å²) in [5.41, 5.74) is 6.49. The first kappa shape index (κ1) is 17.1. The number of hydrogen-bond donors (Lipinski definition) is 2. The number of amides is 1. The molecule has 2 heterocycles. The first-order valence-corrected chi connectivity index (χ1v) is 10.6. The molecule has 1 spiro atoms. The second-order valence-electron chi connectivity index (χ2n) is 9.85. The maximum absolute atomic E-state index is 13.9. The first-order chi connectivity index (χ1) is 13.9. The molecule has 3 aromatic rings. The average Bonchev–Trinajstić information content (AvgIpc) is 3.19. The van der Waals surface area contributed by atoms with Gasteiger partial charge in [0.05, 0.1) is 0 Å². The molecule has 2 N–H and O–H groups in total. The summed E-state index contributed by atoms with van der Waals surface area (Å²) >= 11 is 0. The summed E-state index contributed by atoms with van der Waals surface area (Å²) in [5.74, 6) is 0.674. The van der Waals surface area contributed by atoms with Crippen molar-refractivity contribution in [3.8, 4) is 0 Å². The molecule has 1 aromatic heterocycles. The highest BCUT2D eigenvalue weighted by atomic mass is 16.2. The molecular formula is C26H26N2O. The fourth-order valence-electron chi connectivity index (χ4n) is 6.64. The Bertz CT molecular complexity index is 1210. The lowest BCUT2D eigenvalue weighted by atomic mass is 9.50. The Kier molecular flexibility index (Phi) is 3.19. The molecular weight excluding hydrogens is 356 g/mol. The van der Waals surface area contributed by atoms with E-state index >= 15 is 0 Å². The number of carbonyl (C=O) groups excluding carboxylic acids is 1. The second-order valence-corrected chi connectivity index (χ2v) is 9.85. The standard InChI is InChI=1S/C26H26N2O/c1-15-12-20-19(25(2,3)14-15)13-17-16-8-4-6-10-21(16)27-23(17)26(20)18-9-5-7-11-22(18)28-24(26)29/h4-12,19-20,27H,13-14H2,1-3H3,(H,28,29)/t19-,20-,26+/m1/s1. The normalized spacial score (nSPS) is 29.2. The Labute approximate surface area is 171 Å². The smallest absolute Gasteiger partial charge is 0.241 e. The number of anilines is 1. The van der Waals surface area contributed by atoms with Crippen LogP contribution >= 0.6 is 0 Å². The summed E-state index contributed by atoms with van der Waals surface area (Å²) in [4.78, 5) is 17.6. The number of carbonyl (C=O) groups is 1. The molecule has 3 atom stereocenters. The Balaban J connectivity index is 1.76. The van der Waals surface area contributed by atoms with Crippen molar-refractivity contribution >= 4 is 22.5 Å². The van der Waals surface area contributed by atoms with Crippen molar-refractivity contribution in [1.29, 1.82) is 0 Å². The molecule has 3 aliphatic rings. The zero-order chi connectivity index (χ0) is 20.0. The number of aromatic amines is 1. The van der Waals surface area contributed by atoms with Crippen LogP contribution in [-0.2, 0) is 16.6 Å². The highest BCUT2D eigenvalue weighted by Crippen LogP contribution is 2.61. The van der Waals surface area contributed by atoms with E-state index in [4.69, 9.17) is 0 Å². The summed E-state index contributed by atoms with van der Waals surface area (Å²) in [6.07, 6.45) is 4.51. The Morgan fingerprint density at radius 2 is 1.79 bits per heavy atom. The molecule has 3 heteroatoms. The van der Waals surface area contributed by atoms with Crippen molar-refractivity contribution in [2.45, 2.75) is 39.0 Å². The van der Waals surface area contributed by atoms with Gasteiger partial charge in [-0.3, -0.25) is 4.79 Å². The molecule has 146 valence electrons. The fraction of sp³-hybridized carbons (Fsp3) is 0.346. The molecule has 2 aliphatic carbocycles. The van der Waals surface area contributed by atoms with E-state index in [2.05, 4.69) is 73.5 Å². The maximum atomic E-state index is 13.9. The van der Waals surface area contributed by atoms with E-state index in [0.29, 0.717) is 5.92 Å². The molecule has 0 unspecified atom stereocenters. The predicted molar refractivity (Wildman–Crippen MR) is 117 cm³/mol. The van der Waals surface area contributed by atoms with Crippen molar-refractivity contribution < 1.29 is 4.79 Å². The topological polar surface area (TPSA) is 44.9 Å². The summed E-state index contributed by atoms with van der Waals surface area (Å²) in [5, 5.41) is 4.49. The number of rotatable bonds is 0. The lowest BCUT2D eigenvalue weighted by molar-refractivity contribution is -0.122. The van der Waals surface area contributed by atoms with E-state index in [1.165, 1.54) is 16.5 Å². The summed E-state index contributed by atoms with van der Waals surface area (Å²) in [6, 6.07) is 16.8. The van der Waals surface area contributed by atoms with Gasteiger partial charge in [0.1, 0.15) is 5.41 Å². The molecule has 1 amide bonds. The lowest BCUT2D eigenvalue weighted by Gasteiger charge is -2.52. The monoisotopic (exact) mass is 382 g/mol. The zero-order valence-corrected chi connectivity index (χ0v) is 17.2. The number of para-hydroxylation sites is 2. The van der Waals surface area contributed by atoms with Gasteiger partial charge in [-0.15, -0.1) is 0 Å². The van der Waals surface area contributed by atoms with E-state index < -0.39 is 5.41 Å². The van der Waals surface area contributed by atoms with Gasteiger partial charge >= 0.3 is 0 Å². The fourth-order valence-corrected chi connectivity index (χ4v) is 6.64. The van der Waals surface area contributed by atoms with Crippen LogP contribution in [0.3, 0.4) is 0 Å². The van der Waals surface area contributed by atoms with Crippen LogP contribution in [0.4, 0.5) is 5.69 Å². The van der Waals surface area contributed by atoms with Crippen LogP contribution in [0, 0.1) is 17.3 Å². The van der Waals surface area contributed by atoms with Gasteiger partial charge in [0.15, 0.2) is 0 Å². The van der Waals surface area contributed by atoms with Crippen LogP contribution in [-0.4, -0.2) is 10.9 Å². The van der Waals surface area contributed by atoms with Gasteiger partial charge in [-0.2, -0.15) is 0 Å². The number of hydrogen-bond acceptors (Lipinski definition) is 1. The number of fused-ring (bicyclic) bond motifs is 8. The lowest BCUT2D eigenvalue weighted by Crippen LogP contribution is -2.54. The van der Waals surface area contributed by atoms with Crippen LogP contribution in [0.5, 0.6) is 0 Å². The SMILES string of the molecule is CC1=C[C@@H]2[C@@H](Cc3c([nH]c4ccccc34)[C@@]23C(=O)Nc2ccccc23)C(C)(C)C1. The van der Waals surface area contributed by atoms with Gasteiger partial charge in [0, 0.05) is 28.2 Å². The van der Waals surface area contributed by atoms with Crippen LogP contribution in [0.25, 0.3) is 10.9 Å². The van der Waals surface area contributed by atoms with Gasteiger partial charge in [-0.1, -0.05) is 61.9 Å². The minimum absolute atomic E-state index is 0.114. The number of aromatic nitrogens is 1. The molecule has 0 radical (unpaired) electrons. The molecule has 6 rings (SSSR count). The van der Waals surface area contributed by atoms with Gasteiger partial charge in [-0.25, -0.2) is 0 Å². The van der Waals surface area contributed by atoms with Crippen LogP contribution in [0.15, 0.2) is 60.2 Å². The Morgan fingerprint density at radius 3 is 2.66 bits per heavy atom. The third-order valence-corrected chi connectivity index (χ3v) is 7.73. The van der Waals surface area contributed by atoms with Gasteiger partial charge in [-0.05, 0) is 54.4 Å². The van der Waals surface area contributed by atoms with Crippen molar-refractivity contribution in [2.75, 3.05) is 5.32 Å². The molecule has 1 aliphatic heterocycles. The molecule has 0 saturated heterocycles.